The minimum atomic E-state index is -1.54. The number of thiocarbonyl (C=S) groups is 1. The van der Waals surface area contributed by atoms with Crippen LogP contribution in [0.2, 0.25) is 0 Å². The maximum Gasteiger partial charge on any atom is 0.326 e. The van der Waals surface area contributed by atoms with Crippen LogP contribution in [0.4, 0.5) is 21.0 Å². The molecule has 5 unspecified atom stereocenters. The predicted octanol–water partition coefficient (Wildman–Crippen LogP) is 1.40. The highest BCUT2D eigenvalue weighted by molar-refractivity contribution is 9.10. The number of carboxylic acids is 7. The molecule has 1 aliphatic heterocycles. The van der Waals surface area contributed by atoms with Gasteiger partial charge in [-0.1, -0.05) is 52.3 Å². The molecule has 0 bridgehead atoms. The van der Waals surface area contributed by atoms with Crippen molar-refractivity contribution in [2.45, 2.75) is 120 Å². The quantitative estimate of drug-likeness (QED) is 0.0125. The molecule has 4 rings (SSSR count). The molecule has 0 saturated carbocycles. The Labute approximate surface area is 661 Å². The van der Waals surface area contributed by atoms with Gasteiger partial charge in [0.25, 0.3) is 0 Å². The lowest BCUT2D eigenvalue weighted by Crippen LogP contribution is -2.52. The third kappa shape index (κ3) is 42.4. The van der Waals surface area contributed by atoms with E-state index in [9.17, 15) is 88.2 Å². The Morgan fingerprint density at radius 3 is 1.71 bits per heavy atom. The van der Waals surface area contributed by atoms with Crippen molar-refractivity contribution in [3.63, 3.8) is 0 Å². The Balaban J connectivity index is 1.20. The molecule has 1 heterocycles. The van der Waals surface area contributed by atoms with Gasteiger partial charge >= 0.3 is 53.8 Å². The highest BCUT2D eigenvalue weighted by atomic mass is 79.9. The molecule has 3 aromatic carbocycles. The first-order valence-electron chi connectivity index (χ1n) is 36.6. The second-order valence-electron chi connectivity index (χ2n) is 25.9. The predicted molar refractivity (Wildman–Crippen MR) is 418 cm³/mol. The number of nitrogens with two attached hydrogens (primary N) is 1. The molecule has 7 amide bonds. The van der Waals surface area contributed by atoms with E-state index < -0.39 is 109 Å². The van der Waals surface area contributed by atoms with Gasteiger partial charge in [0.1, 0.15) is 29.9 Å². The second kappa shape index (κ2) is 54.5. The Morgan fingerprint density at radius 1 is 0.545 bits per heavy atom. The molecular formula is C72H105BrN16O22S. The number of anilines is 2. The van der Waals surface area contributed by atoms with E-state index in [1.54, 1.807) is 51.1 Å². The summed E-state index contributed by atoms with van der Waals surface area (Å²) in [4.78, 5) is 156. The number of hydrazone groups is 1. The van der Waals surface area contributed by atoms with Crippen LogP contribution >= 0.6 is 28.1 Å². The third-order valence-electron chi connectivity index (χ3n) is 17.0. The number of unbranched alkanes of at least 4 members (excludes halogenated alkanes) is 3. The minimum absolute atomic E-state index is 0.0281. The number of hydrogen-bond acceptors (Lipinski definition) is 23. The summed E-state index contributed by atoms with van der Waals surface area (Å²) >= 11 is 8.97. The topological polar surface area (TPSA) is 555 Å². The monoisotopic (exact) mass is 1660 g/mol. The van der Waals surface area contributed by atoms with E-state index in [2.05, 4.69) is 79.2 Å². The van der Waals surface area contributed by atoms with E-state index in [0.29, 0.717) is 100 Å². The van der Waals surface area contributed by atoms with Crippen LogP contribution in [0, 0.1) is 0 Å². The number of hydrogen-bond donors (Lipinski definition) is 18. The summed E-state index contributed by atoms with van der Waals surface area (Å²) in [6.45, 7) is 3.44. The number of carbonyl (C=O) groups excluding carboxylic acids is 5. The molecule has 19 N–H and O–H groups in total. The number of aliphatic imine (C=N–C) groups is 1. The van der Waals surface area contributed by atoms with E-state index in [4.69, 9.17) is 37.4 Å². The van der Waals surface area contributed by atoms with Crippen LogP contribution in [0.25, 0.3) is 0 Å². The van der Waals surface area contributed by atoms with Gasteiger partial charge in [0.15, 0.2) is 5.11 Å². The zero-order valence-electron chi connectivity index (χ0n) is 62.3. The average Bonchev–Trinajstić information content (AvgIpc) is 0.836. The average molecular weight is 1660 g/mol. The van der Waals surface area contributed by atoms with Gasteiger partial charge in [-0.05, 0) is 130 Å². The van der Waals surface area contributed by atoms with Crippen LogP contribution in [0.5, 0.6) is 0 Å². The normalized spacial score (nSPS) is 15.0. The van der Waals surface area contributed by atoms with Crippen LogP contribution in [0.1, 0.15) is 93.7 Å². The number of halogens is 1. The summed E-state index contributed by atoms with van der Waals surface area (Å²) in [5, 5.41) is 98.3. The van der Waals surface area contributed by atoms with Gasteiger partial charge in [-0.3, -0.25) is 53.3 Å². The van der Waals surface area contributed by atoms with Crippen LogP contribution in [-0.4, -0.2) is 301 Å². The first-order valence-corrected chi connectivity index (χ1v) is 37.8. The van der Waals surface area contributed by atoms with Crippen molar-refractivity contribution < 1.29 is 107 Å². The fraction of sp³-hybridized carbons (Fsp3) is 0.542. The second-order valence-corrected chi connectivity index (χ2v) is 27.3. The molecule has 0 spiro atoms. The SMILES string of the molecule is NN=C(C=NCCOCCOCCOCCC(=O)NC(CCCCNC(=S)Nc1ccc(CC2CN(CC(=O)O)CCNCCN(CC(=O)O)CCN2CC(=O)O)cc1)C(=O)NC(CCCCNC(=O)Cc1ccc(Br)cc1)C(=O)O)c1cccc(NC(=O)NCCCCC(NC(=O)NC(CCC(=O)O)C(=O)O)C(=O)O)c1. The summed E-state index contributed by atoms with van der Waals surface area (Å²) in [7, 11) is 0. The zero-order valence-corrected chi connectivity index (χ0v) is 64.7. The van der Waals surface area contributed by atoms with Gasteiger partial charge in [0.05, 0.1) is 72.2 Å². The lowest BCUT2D eigenvalue weighted by Gasteiger charge is -2.36. The number of carboxylic acid groups (broad SMARTS) is 7. The number of benzene rings is 3. The Hall–Kier alpha value is -10.1. The van der Waals surface area contributed by atoms with Crippen LogP contribution in [-0.2, 0) is 75.0 Å². The largest absolute Gasteiger partial charge is 0.481 e. The van der Waals surface area contributed by atoms with Gasteiger partial charge in [-0.25, -0.2) is 24.0 Å². The first-order chi connectivity index (χ1) is 53.7. The van der Waals surface area contributed by atoms with E-state index in [-0.39, 0.29) is 142 Å². The first kappa shape index (κ1) is 94.3. The summed E-state index contributed by atoms with van der Waals surface area (Å²) in [5.41, 5.74) is 3.49. The lowest BCUT2D eigenvalue weighted by atomic mass is 10.0. The molecule has 3 aromatic rings. The third-order valence-corrected chi connectivity index (χ3v) is 17.8. The molecule has 1 aliphatic rings. The fourth-order valence-electron chi connectivity index (χ4n) is 11.3. The summed E-state index contributed by atoms with van der Waals surface area (Å²) in [6, 6.07) is 13.7. The number of ether oxygens (including phenoxy) is 3. The van der Waals surface area contributed by atoms with Crippen molar-refractivity contribution >= 4 is 128 Å². The summed E-state index contributed by atoms with van der Waals surface area (Å²) < 4.78 is 17.7. The lowest BCUT2D eigenvalue weighted by molar-refractivity contribution is -0.142. The van der Waals surface area contributed by atoms with Crippen LogP contribution in [0.3, 0.4) is 0 Å². The molecule has 112 heavy (non-hydrogen) atoms. The minimum Gasteiger partial charge on any atom is -0.481 e. The van der Waals surface area contributed by atoms with Crippen LogP contribution in [0.15, 0.2) is 87.4 Å². The van der Waals surface area contributed by atoms with Crippen molar-refractivity contribution in [3.05, 3.63) is 94.0 Å². The van der Waals surface area contributed by atoms with Crippen molar-refractivity contribution in [2.75, 3.05) is 142 Å². The molecule has 40 heteroatoms. The number of aliphatic carboxylic acids is 7. The van der Waals surface area contributed by atoms with E-state index in [0.717, 1.165) is 15.6 Å². The van der Waals surface area contributed by atoms with Crippen molar-refractivity contribution in [3.8, 4) is 0 Å². The Bertz CT molecular complexity index is 3570. The van der Waals surface area contributed by atoms with Gasteiger partial charge in [0, 0.05) is 112 Å². The van der Waals surface area contributed by atoms with Crippen molar-refractivity contribution in [1.29, 1.82) is 0 Å². The Kier molecular flexibility index (Phi) is 45.9. The molecule has 1 saturated heterocycles. The standard InChI is InChI=1S/C72H105BrN16O22S/c73-51-17-13-49(14-18-51)41-61(91)77-24-4-2-11-56(67(101)102)83-66(100)55(10-1-6-26-79-72(112)81-52-19-15-48(16-20-52)40-54-44-88(46-64(96)97)31-28-75-27-30-87(45-63(94)95)32-33-89(54)47-65(98)99)82-60(90)23-34-109-36-38-111-39-37-110-35-29-76-43-59(86-74)50-8-7-9-53(42-50)80-70(107)78-25-5-3-12-57(68(103)104)84-71(108)85-58(69(105)106)21-22-62(92)93/h7-9,13-20,42-43,54-58,75H,1-6,10-12,21-41,44-47,74H2,(H,77,91)(H,82,90)(H,83,100)(H,92,93)(H,94,95)(H,96,97)(H,98,99)(H,101,102)(H,103,104)(H,105,106)(H2,78,80,107)(H2,79,81,112)(H2,84,85,108). The molecule has 38 nitrogen and oxygen atoms in total. The highest BCUT2D eigenvalue weighted by Gasteiger charge is 2.30. The molecule has 0 aliphatic carbocycles. The Morgan fingerprint density at radius 2 is 1.10 bits per heavy atom. The van der Waals surface area contributed by atoms with Crippen molar-refractivity contribution in [1.82, 2.24) is 57.2 Å². The summed E-state index contributed by atoms with van der Waals surface area (Å²) in [5.74, 6) is -4.28. The van der Waals surface area contributed by atoms with Gasteiger partial charge in [-0.2, -0.15) is 5.10 Å². The molecule has 5 atom stereocenters. The summed E-state index contributed by atoms with van der Waals surface area (Å²) in [6.07, 6.45) is 3.21. The van der Waals surface area contributed by atoms with Crippen molar-refractivity contribution in [2.24, 2.45) is 15.9 Å². The van der Waals surface area contributed by atoms with E-state index in [1.165, 1.54) is 6.21 Å². The number of carbonyl (C=O) groups is 12. The zero-order chi connectivity index (χ0) is 82.0. The van der Waals surface area contributed by atoms with E-state index >= 15 is 0 Å². The number of urea groups is 2. The number of nitrogens with one attached hydrogen (secondary N) is 10. The maximum atomic E-state index is 13.8. The molecule has 0 radical (unpaired) electrons. The van der Waals surface area contributed by atoms with Gasteiger partial charge in [0.2, 0.25) is 17.7 Å². The van der Waals surface area contributed by atoms with Gasteiger partial charge in [-0.15, -0.1) is 0 Å². The highest BCUT2D eigenvalue weighted by Crippen LogP contribution is 2.18. The number of amides is 7. The number of nitrogens with zero attached hydrogens (tertiary/aromatic N) is 5. The smallest absolute Gasteiger partial charge is 0.326 e. The molecular weight excluding hydrogens is 1550 g/mol. The maximum absolute atomic E-state index is 13.8. The van der Waals surface area contributed by atoms with Crippen LogP contribution < -0.4 is 59.0 Å². The van der Waals surface area contributed by atoms with Gasteiger partial charge < -0.3 is 109 Å². The van der Waals surface area contributed by atoms with E-state index in [1.807, 2.05) is 36.4 Å². The number of rotatable bonds is 52. The molecule has 0 aromatic heterocycles. The molecule has 1 fully saturated rings. The fourth-order valence-corrected chi connectivity index (χ4v) is 11.8. The molecule has 618 valence electrons.